The van der Waals surface area contributed by atoms with Gasteiger partial charge >= 0.3 is 0 Å². The fraction of sp³-hybridized carbons (Fsp3) is 0.316. The predicted octanol–water partition coefficient (Wildman–Crippen LogP) is 1.90. The van der Waals surface area contributed by atoms with E-state index in [9.17, 15) is 9.90 Å². The molecule has 2 aromatic carbocycles. The summed E-state index contributed by atoms with van der Waals surface area (Å²) in [4.78, 5) is 14.4. The standard InChI is InChI=1S/C19H22N2O3/c1-24-16-9-5-8-15(12-16)17(22)13-21-11-10-20-19(23)18(21)14-6-3-2-4-7-14/h2-9,12,17-18,22H,10-11,13H2,1H3,(H,20,23). The predicted molar refractivity (Wildman–Crippen MR) is 91.7 cm³/mol. The Kier molecular flexibility index (Phi) is 5.13. The van der Waals surface area contributed by atoms with Crippen LogP contribution in [0.4, 0.5) is 0 Å². The average molecular weight is 326 g/mol. The molecule has 2 unspecified atom stereocenters. The summed E-state index contributed by atoms with van der Waals surface area (Å²) in [5.74, 6) is 0.688. The average Bonchev–Trinajstić information content (AvgIpc) is 2.62. The minimum Gasteiger partial charge on any atom is -0.497 e. The molecule has 1 aliphatic rings. The van der Waals surface area contributed by atoms with Crippen molar-refractivity contribution in [1.82, 2.24) is 10.2 Å². The number of hydrogen-bond acceptors (Lipinski definition) is 4. The van der Waals surface area contributed by atoms with E-state index in [1.54, 1.807) is 7.11 Å². The molecule has 2 N–H and O–H groups in total. The molecule has 3 rings (SSSR count). The molecule has 24 heavy (non-hydrogen) atoms. The van der Waals surface area contributed by atoms with Gasteiger partial charge in [0.1, 0.15) is 11.8 Å². The lowest BCUT2D eigenvalue weighted by Crippen LogP contribution is -2.51. The topological polar surface area (TPSA) is 61.8 Å². The van der Waals surface area contributed by atoms with Crippen molar-refractivity contribution in [2.75, 3.05) is 26.7 Å². The van der Waals surface area contributed by atoms with Crippen LogP contribution in [0.2, 0.25) is 0 Å². The summed E-state index contributed by atoms with van der Waals surface area (Å²) in [6.45, 7) is 1.68. The van der Waals surface area contributed by atoms with Crippen LogP contribution in [0, 0.1) is 0 Å². The Hall–Kier alpha value is -2.37. The third-order valence-corrected chi connectivity index (χ3v) is 4.31. The molecule has 2 aromatic rings. The molecular formula is C19H22N2O3. The van der Waals surface area contributed by atoms with Crippen molar-refractivity contribution >= 4 is 5.91 Å². The van der Waals surface area contributed by atoms with E-state index < -0.39 is 6.10 Å². The molecule has 1 saturated heterocycles. The minimum atomic E-state index is -0.683. The molecule has 1 heterocycles. The Balaban J connectivity index is 1.79. The second-order valence-corrected chi connectivity index (χ2v) is 5.89. The van der Waals surface area contributed by atoms with E-state index in [0.29, 0.717) is 25.4 Å². The van der Waals surface area contributed by atoms with Crippen LogP contribution in [-0.2, 0) is 4.79 Å². The highest BCUT2D eigenvalue weighted by atomic mass is 16.5. The lowest BCUT2D eigenvalue weighted by molar-refractivity contribution is -0.130. The largest absolute Gasteiger partial charge is 0.497 e. The van der Waals surface area contributed by atoms with E-state index in [2.05, 4.69) is 5.32 Å². The zero-order valence-corrected chi connectivity index (χ0v) is 13.7. The van der Waals surface area contributed by atoms with Gasteiger partial charge in [-0.15, -0.1) is 0 Å². The highest BCUT2D eigenvalue weighted by molar-refractivity contribution is 5.83. The quantitative estimate of drug-likeness (QED) is 0.881. The van der Waals surface area contributed by atoms with Gasteiger partial charge in [0.05, 0.1) is 13.2 Å². The van der Waals surface area contributed by atoms with Crippen molar-refractivity contribution in [3.05, 3.63) is 65.7 Å². The summed E-state index contributed by atoms with van der Waals surface area (Å²) in [6.07, 6.45) is -0.683. The maximum absolute atomic E-state index is 12.4. The maximum atomic E-state index is 12.4. The zero-order valence-electron chi connectivity index (χ0n) is 13.7. The molecule has 2 atom stereocenters. The van der Waals surface area contributed by atoms with Crippen molar-refractivity contribution in [2.24, 2.45) is 0 Å². The highest BCUT2D eigenvalue weighted by Gasteiger charge is 2.32. The van der Waals surface area contributed by atoms with Gasteiger partial charge in [0.25, 0.3) is 0 Å². The number of amides is 1. The van der Waals surface area contributed by atoms with Crippen molar-refractivity contribution in [2.45, 2.75) is 12.1 Å². The smallest absolute Gasteiger partial charge is 0.242 e. The van der Waals surface area contributed by atoms with Gasteiger partial charge in [-0.25, -0.2) is 0 Å². The van der Waals surface area contributed by atoms with Gasteiger partial charge in [-0.1, -0.05) is 42.5 Å². The van der Waals surface area contributed by atoms with Crippen LogP contribution in [0.3, 0.4) is 0 Å². The van der Waals surface area contributed by atoms with Crippen LogP contribution in [0.25, 0.3) is 0 Å². The number of nitrogens with one attached hydrogen (secondary N) is 1. The van der Waals surface area contributed by atoms with Gasteiger partial charge in [0.15, 0.2) is 0 Å². The van der Waals surface area contributed by atoms with Gasteiger partial charge in [-0.2, -0.15) is 0 Å². The summed E-state index contributed by atoms with van der Waals surface area (Å²) in [5.41, 5.74) is 1.72. The SMILES string of the molecule is COc1cccc(C(O)CN2CCNC(=O)C2c2ccccc2)c1. The molecular weight excluding hydrogens is 304 g/mol. The summed E-state index contributed by atoms with van der Waals surface area (Å²) in [7, 11) is 1.60. The zero-order chi connectivity index (χ0) is 16.9. The number of rotatable bonds is 5. The monoisotopic (exact) mass is 326 g/mol. The third-order valence-electron chi connectivity index (χ3n) is 4.31. The number of aliphatic hydroxyl groups excluding tert-OH is 1. The van der Waals surface area contributed by atoms with Crippen LogP contribution in [-0.4, -0.2) is 42.7 Å². The number of carbonyl (C=O) groups is 1. The Morgan fingerprint density at radius 3 is 2.79 bits per heavy atom. The third kappa shape index (κ3) is 3.58. The number of benzene rings is 2. The number of ether oxygens (including phenoxy) is 1. The van der Waals surface area contributed by atoms with Gasteiger partial charge in [-0.3, -0.25) is 9.69 Å². The van der Waals surface area contributed by atoms with Gasteiger partial charge < -0.3 is 15.2 Å². The lowest BCUT2D eigenvalue weighted by atomic mass is 10.0. The summed E-state index contributed by atoms with van der Waals surface area (Å²) in [6, 6.07) is 16.7. The number of piperazine rings is 1. The number of β-amino-alcohol motifs (C(OH)–C–C–N with tert-alkyl or cyclic N) is 1. The first kappa shape index (κ1) is 16.5. The normalized spacial score (nSPS) is 19.6. The summed E-state index contributed by atoms with van der Waals surface area (Å²) in [5, 5.41) is 13.5. The first-order chi connectivity index (χ1) is 11.7. The first-order valence-electron chi connectivity index (χ1n) is 8.08. The maximum Gasteiger partial charge on any atom is 0.242 e. The number of carbonyl (C=O) groups excluding carboxylic acids is 1. The Morgan fingerprint density at radius 1 is 1.25 bits per heavy atom. The van der Waals surface area contributed by atoms with E-state index >= 15 is 0 Å². The second-order valence-electron chi connectivity index (χ2n) is 5.89. The van der Waals surface area contributed by atoms with E-state index in [-0.39, 0.29) is 11.9 Å². The summed E-state index contributed by atoms with van der Waals surface area (Å²) < 4.78 is 5.21. The first-order valence-corrected chi connectivity index (χ1v) is 8.08. The van der Waals surface area contributed by atoms with E-state index in [1.807, 2.05) is 59.5 Å². The summed E-state index contributed by atoms with van der Waals surface area (Å²) >= 11 is 0. The molecule has 0 aromatic heterocycles. The molecule has 0 radical (unpaired) electrons. The molecule has 1 amide bonds. The van der Waals surface area contributed by atoms with Crippen LogP contribution in [0.15, 0.2) is 54.6 Å². The molecule has 126 valence electrons. The van der Waals surface area contributed by atoms with Crippen LogP contribution in [0.5, 0.6) is 5.75 Å². The van der Waals surface area contributed by atoms with E-state index in [1.165, 1.54) is 0 Å². The van der Waals surface area contributed by atoms with Gasteiger partial charge in [0, 0.05) is 19.6 Å². The van der Waals surface area contributed by atoms with Crippen LogP contribution < -0.4 is 10.1 Å². The molecule has 0 bridgehead atoms. The Bertz CT molecular complexity index is 690. The van der Waals surface area contributed by atoms with Crippen molar-refractivity contribution in [1.29, 1.82) is 0 Å². The van der Waals surface area contributed by atoms with Crippen molar-refractivity contribution in [3.8, 4) is 5.75 Å². The second kappa shape index (κ2) is 7.47. The fourth-order valence-corrected chi connectivity index (χ4v) is 3.08. The van der Waals surface area contributed by atoms with Gasteiger partial charge in [0.2, 0.25) is 5.91 Å². The minimum absolute atomic E-state index is 0.0229. The highest BCUT2D eigenvalue weighted by Crippen LogP contribution is 2.27. The number of hydrogen-bond donors (Lipinski definition) is 2. The Labute approximate surface area is 141 Å². The number of aliphatic hydroxyl groups is 1. The molecule has 0 aliphatic carbocycles. The van der Waals surface area contributed by atoms with Crippen LogP contribution >= 0.6 is 0 Å². The number of methoxy groups -OCH3 is 1. The van der Waals surface area contributed by atoms with Crippen LogP contribution in [0.1, 0.15) is 23.3 Å². The Morgan fingerprint density at radius 2 is 2.04 bits per heavy atom. The van der Waals surface area contributed by atoms with Crippen molar-refractivity contribution in [3.63, 3.8) is 0 Å². The van der Waals surface area contributed by atoms with E-state index in [0.717, 1.165) is 11.1 Å². The molecule has 5 nitrogen and oxygen atoms in total. The van der Waals surface area contributed by atoms with E-state index in [4.69, 9.17) is 4.74 Å². The van der Waals surface area contributed by atoms with Crippen molar-refractivity contribution < 1.29 is 14.6 Å². The fourth-order valence-electron chi connectivity index (χ4n) is 3.08. The molecule has 5 heteroatoms. The molecule has 1 fully saturated rings. The number of nitrogens with zero attached hydrogens (tertiary/aromatic N) is 1. The molecule has 0 spiro atoms. The lowest BCUT2D eigenvalue weighted by Gasteiger charge is -2.36. The van der Waals surface area contributed by atoms with Gasteiger partial charge in [-0.05, 0) is 23.3 Å². The molecule has 1 aliphatic heterocycles. The molecule has 0 saturated carbocycles.